The quantitative estimate of drug-likeness (QED) is 0.593. The van der Waals surface area contributed by atoms with E-state index in [-0.39, 0.29) is 0 Å². The number of rotatable bonds is 4. The molecule has 0 saturated carbocycles. The Morgan fingerprint density at radius 3 is 1.71 bits per heavy atom. The van der Waals surface area contributed by atoms with Crippen molar-refractivity contribution in [1.29, 1.82) is 0 Å². The summed E-state index contributed by atoms with van der Waals surface area (Å²) in [4.78, 5) is 32.5. The lowest BCUT2D eigenvalue weighted by molar-refractivity contribution is 0.0645. The number of hydrogen-bond acceptors (Lipinski definition) is 4. The van der Waals surface area contributed by atoms with Crippen LogP contribution >= 0.6 is 0 Å². The molecule has 0 radical (unpaired) electrons. The van der Waals surface area contributed by atoms with Gasteiger partial charge in [-0.3, -0.25) is 0 Å². The maximum absolute atomic E-state index is 10.9. The van der Waals surface area contributed by atoms with Gasteiger partial charge in [0.25, 0.3) is 0 Å². The highest BCUT2D eigenvalue weighted by Crippen LogP contribution is 2.20. The second-order valence-electron chi connectivity index (χ2n) is 3.09. The van der Waals surface area contributed by atoms with E-state index < -0.39 is 46.8 Å². The molecule has 0 atom stereocenters. The van der Waals surface area contributed by atoms with Crippen molar-refractivity contribution in [3.63, 3.8) is 0 Å². The number of aromatic carboxylic acids is 3. The molecule has 4 N–H and O–H groups in total. The Balaban J connectivity index is 3.67. The average molecular weight is 240 g/mol. The van der Waals surface area contributed by atoms with Crippen LogP contribution in [0, 0.1) is 0 Å². The molecule has 7 heteroatoms. The van der Waals surface area contributed by atoms with Crippen molar-refractivity contribution in [1.82, 2.24) is 0 Å². The summed E-state index contributed by atoms with van der Waals surface area (Å²) in [6.07, 6.45) is 0. The highest BCUT2D eigenvalue weighted by atomic mass is 16.4. The van der Waals surface area contributed by atoms with Gasteiger partial charge >= 0.3 is 17.9 Å². The first-order chi connectivity index (χ1) is 7.90. The average Bonchev–Trinajstić information content (AvgIpc) is 2.26. The summed E-state index contributed by atoms with van der Waals surface area (Å²) in [5, 5.41) is 35.4. The van der Waals surface area contributed by atoms with E-state index in [2.05, 4.69) is 0 Å². The molecule has 0 spiro atoms. The third-order valence-corrected chi connectivity index (χ3v) is 2.15. The number of carboxylic acid groups (broad SMARTS) is 3. The van der Waals surface area contributed by atoms with Crippen LogP contribution in [0.15, 0.2) is 12.1 Å². The molecule has 0 amide bonds. The summed E-state index contributed by atoms with van der Waals surface area (Å²) in [6, 6.07) is 1.83. The number of carbonyl (C=O) groups is 3. The van der Waals surface area contributed by atoms with Crippen LogP contribution in [0.3, 0.4) is 0 Å². The summed E-state index contributed by atoms with van der Waals surface area (Å²) in [7, 11) is 0. The maximum Gasteiger partial charge on any atom is 0.336 e. The third kappa shape index (κ3) is 2.23. The number of aliphatic hydroxyl groups is 1. The van der Waals surface area contributed by atoms with E-state index >= 15 is 0 Å². The molecule has 90 valence electrons. The van der Waals surface area contributed by atoms with Crippen LogP contribution in [-0.2, 0) is 6.61 Å². The standard InChI is InChI=1S/C10H8O7/c11-3-6-4(8(12)13)1-2-5(9(14)15)7(6)10(16)17/h1-2,11H,3H2,(H,12,13)(H,14,15)(H,16,17). The summed E-state index contributed by atoms with van der Waals surface area (Å²) in [6.45, 7) is -0.871. The van der Waals surface area contributed by atoms with Gasteiger partial charge in [-0.25, -0.2) is 14.4 Å². The molecule has 0 heterocycles. The fourth-order valence-electron chi connectivity index (χ4n) is 1.43. The van der Waals surface area contributed by atoms with Gasteiger partial charge < -0.3 is 20.4 Å². The molecule has 17 heavy (non-hydrogen) atoms. The Bertz CT molecular complexity index is 504. The van der Waals surface area contributed by atoms with E-state index in [1.54, 1.807) is 0 Å². The molecule has 0 aliphatic heterocycles. The lowest BCUT2D eigenvalue weighted by Gasteiger charge is -2.09. The fraction of sp³-hybridized carbons (Fsp3) is 0.100. The molecule has 0 aliphatic carbocycles. The zero-order valence-corrected chi connectivity index (χ0v) is 8.38. The van der Waals surface area contributed by atoms with E-state index in [4.69, 9.17) is 20.4 Å². The van der Waals surface area contributed by atoms with Crippen LogP contribution in [0.4, 0.5) is 0 Å². The minimum absolute atomic E-state index is 0.426. The van der Waals surface area contributed by atoms with Gasteiger partial charge in [0.05, 0.1) is 23.3 Å². The first-order valence-corrected chi connectivity index (χ1v) is 4.36. The van der Waals surface area contributed by atoms with Crippen LogP contribution in [0.1, 0.15) is 36.6 Å². The van der Waals surface area contributed by atoms with Crippen molar-refractivity contribution in [3.05, 3.63) is 34.4 Å². The van der Waals surface area contributed by atoms with Crippen LogP contribution < -0.4 is 0 Å². The minimum Gasteiger partial charge on any atom is -0.478 e. The van der Waals surface area contributed by atoms with Gasteiger partial charge in [-0.05, 0) is 12.1 Å². The summed E-state index contributed by atoms with van der Waals surface area (Å²) in [5.74, 6) is -4.54. The number of hydrogen-bond donors (Lipinski definition) is 4. The lowest BCUT2D eigenvalue weighted by atomic mass is 9.96. The van der Waals surface area contributed by atoms with Gasteiger partial charge in [-0.2, -0.15) is 0 Å². The Morgan fingerprint density at radius 1 is 0.882 bits per heavy atom. The molecule has 7 nitrogen and oxygen atoms in total. The molecule has 0 bridgehead atoms. The predicted molar refractivity (Wildman–Crippen MR) is 53.2 cm³/mol. The monoisotopic (exact) mass is 240 g/mol. The second-order valence-corrected chi connectivity index (χ2v) is 3.09. The van der Waals surface area contributed by atoms with Gasteiger partial charge in [-0.15, -0.1) is 0 Å². The number of carboxylic acids is 3. The molecule has 1 aromatic rings. The normalized spacial score (nSPS) is 9.94. The zero-order chi connectivity index (χ0) is 13.2. The third-order valence-electron chi connectivity index (χ3n) is 2.15. The largest absolute Gasteiger partial charge is 0.478 e. The molecule has 1 rings (SSSR count). The van der Waals surface area contributed by atoms with Crippen molar-refractivity contribution in [3.8, 4) is 0 Å². The summed E-state index contributed by atoms with van der Waals surface area (Å²) >= 11 is 0. The van der Waals surface area contributed by atoms with Crippen LogP contribution in [0.25, 0.3) is 0 Å². The summed E-state index contributed by atoms with van der Waals surface area (Å²) < 4.78 is 0. The Kier molecular flexibility index (Phi) is 3.44. The van der Waals surface area contributed by atoms with Crippen molar-refractivity contribution >= 4 is 17.9 Å². The van der Waals surface area contributed by atoms with Crippen molar-refractivity contribution < 1.29 is 34.8 Å². The van der Waals surface area contributed by atoms with E-state index in [0.29, 0.717) is 0 Å². The Morgan fingerprint density at radius 2 is 1.35 bits per heavy atom. The predicted octanol–water partition coefficient (Wildman–Crippen LogP) is 0.274. The maximum atomic E-state index is 10.9. The first kappa shape index (κ1) is 12.7. The van der Waals surface area contributed by atoms with Gasteiger partial charge in [0.2, 0.25) is 0 Å². The van der Waals surface area contributed by atoms with E-state index in [1.807, 2.05) is 0 Å². The summed E-state index contributed by atoms with van der Waals surface area (Å²) in [5.41, 5.74) is -2.13. The first-order valence-electron chi connectivity index (χ1n) is 4.36. The molecule has 0 aromatic heterocycles. The molecule has 1 aromatic carbocycles. The highest BCUT2D eigenvalue weighted by molar-refractivity contribution is 6.05. The van der Waals surface area contributed by atoms with Crippen LogP contribution in [0.2, 0.25) is 0 Å². The molecular formula is C10H8O7. The lowest BCUT2D eigenvalue weighted by Crippen LogP contribution is -2.15. The van der Waals surface area contributed by atoms with Crippen molar-refractivity contribution in [2.75, 3.05) is 0 Å². The van der Waals surface area contributed by atoms with Crippen LogP contribution in [0.5, 0.6) is 0 Å². The van der Waals surface area contributed by atoms with E-state index in [1.165, 1.54) is 0 Å². The highest BCUT2D eigenvalue weighted by Gasteiger charge is 2.24. The fourth-order valence-corrected chi connectivity index (χ4v) is 1.43. The smallest absolute Gasteiger partial charge is 0.336 e. The Hall–Kier alpha value is -2.41. The number of aliphatic hydroxyl groups excluding tert-OH is 1. The molecule has 0 fully saturated rings. The van der Waals surface area contributed by atoms with Gasteiger partial charge in [0.1, 0.15) is 0 Å². The van der Waals surface area contributed by atoms with Crippen molar-refractivity contribution in [2.24, 2.45) is 0 Å². The van der Waals surface area contributed by atoms with Gasteiger partial charge in [0.15, 0.2) is 0 Å². The van der Waals surface area contributed by atoms with E-state index in [0.717, 1.165) is 12.1 Å². The zero-order valence-electron chi connectivity index (χ0n) is 8.38. The van der Waals surface area contributed by atoms with Crippen molar-refractivity contribution in [2.45, 2.75) is 6.61 Å². The Labute approximate surface area is 94.6 Å². The van der Waals surface area contributed by atoms with E-state index in [9.17, 15) is 14.4 Å². The molecule has 0 saturated heterocycles. The SMILES string of the molecule is O=C(O)c1ccc(C(=O)O)c(C(=O)O)c1CO. The van der Waals surface area contributed by atoms with Gasteiger partial charge in [0, 0.05) is 5.56 Å². The minimum atomic E-state index is -1.60. The second kappa shape index (κ2) is 4.62. The molecular weight excluding hydrogens is 232 g/mol. The van der Waals surface area contributed by atoms with Crippen LogP contribution in [-0.4, -0.2) is 38.3 Å². The van der Waals surface area contributed by atoms with Gasteiger partial charge in [-0.1, -0.05) is 0 Å². The topological polar surface area (TPSA) is 132 Å². The molecule has 0 aliphatic rings. The molecule has 0 unspecified atom stereocenters. The number of benzene rings is 1.